The second-order valence-electron chi connectivity index (χ2n) is 4.74. The zero-order chi connectivity index (χ0) is 12.3. The fourth-order valence-electron chi connectivity index (χ4n) is 2.51. The molecule has 1 aromatic rings. The summed E-state index contributed by atoms with van der Waals surface area (Å²) in [6, 6.07) is 3.39. The number of aliphatic carboxylic acids is 1. The van der Waals surface area contributed by atoms with Gasteiger partial charge in [-0.3, -0.25) is 4.79 Å². The third-order valence-corrected chi connectivity index (χ3v) is 3.42. The predicted molar refractivity (Wildman–Crippen MR) is 63.0 cm³/mol. The van der Waals surface area contributed by atoms with Crippen LogP contribution in [0.5, 0.6) is 0 Å². The van der Waals surface area contributed by atoms with Gasteiger partial charge in [0, 0.05) is 5.69 Å². The van der Waals surface area contributed by atoms with E-state index in [-0.39, 0.29) is 5.69 Å². The first-order chi connectivity index (χ1) is 8.16. The van der Waals surface area contributed by atoms with E-state index in [1.807, 2.05) is 6.07 Å². The molecule has 1 fully saturated rings. The quantitative estimate of drug-likeness (QED) is 0.622. The SMILES string of the molecule is O=C(O)C(=O)c1ccc(CC2CCCCC2)[nH]1. The average molecular weight is 235 g/mol. The van der Waals surface area contributed by atoms with E-state index in [1.54, 1.807) is 6.07 Å². The molecule has 1 aliphatic rings. The first-order valence-electron chi connectivity index (χ1n) is 6.12. The van der Waals surface area contributed by atoms with E-state index < -0.39 is 11.8 Å². The van der Waals surface area contributed by atoms with Crippen LogP contribution in [0.15, 0.2) is 12.1 Å². The maximum atomic E-state index is 11.2. The number of aromatic nitrogens is 1. The Hall–Kier alpha value is -1.58. The van der Waals surface area contributed by atoms with Crippen LogP contribution in [-0.4, -0.2) is 21.8 Å². The molecule has 0 spiro atoms. The molecular weight excluding hydrogens is 218 g/mol. The highest BCUT2D eigenvalue weighted by molar-refractivity contribution is 6.39. The summed E-state index contributed by atoms with van der Waals surface area (Å²) in [6.07, 6.45) is 7.29. The van der Waals surface area contributed by atoms with Crippen molar-refractivity contribution in [3.63, 3.8) is 0 Å². The number of nitrogens with one attached hydrogen (secondary N) is 1. The lowest BCUT2D eigenvalue weighted by atomic mass is 9.86. The van der Waals surface area contributed by atoms with Crippen LogP contribution < -0.4 is 0 Å². The van der Waals surface area contributed by atoms with Crippen molar-refractivity contribution in [2.24, 2.45) is 5.92 Å². The van der Waals surface area contributed by atoms with Gasteiger partial charge in [0.25, 0.3) is 5.78 Å². The molecule has 17 heavy (non-hydrogen) atoms. The molecule has 1 heterocycles. The Labute approximate surface area is 100 Å². The molecule has 92 valence electrons. The van der Waals surface area contributed by atoms with Crippen LogP contribution in [0.1, 0.15) is 48.3 Å². The van der Waals surface area contributed by atoms with E-state index in [2.05, 4.69) is 4.98 Å². The predicted octanol–water partition coefficient (Wildman–Crippen LogP) is 2.40. The summed E-state index contributed by atoms with van der Waals surface area (Å²) in [5.41, 5.74) is 1.16. The van der Waals surface area contributed by atoms with Gasteiger partial charge in [-0.1, -0.05) is 32.1 Å². The van der Waals surface area contributed by atoms with Crippen molar-refractivity contribution in [2.45, 2.75) is 38.5 Å². The minimum Gasteiger partial charge on any atom is -0.475 e. The summed E-state index contributed by atoms with van der Waals surface area (Å²) >= 11 is 0. The standard InChI is InChI=1S/C13H17NO3/c15-12(13(16)17)11-7-6-10(14-11)8-9-4-2-1-3-5-9/h6-7,9,14H,1-5,8H2,(H,16,17). The second-order valence-corrected chi connectivity index (χ2v) is 4.74. The molecule has 4 heteroatoms. The van der Waals surface area contributed by atoms with Crippen LogP contribution >= 0.6 is 0 Å². The normalized spacial score (nSPS) is 16.9. The smallest absolute Gasteiger partial charge is 0.378 e. The number of Topliss-reactive ketones (excluding diaryl/α,β-unsaturated/α-hetero) is 1. The van der Waals surface area contributed by atoms with Crippen LogP contribution in [0.2, 0.25) is 0 Å². The van der Waals surface area contributed by atoms with Gasteiger partial charge in [0.2, 0.25) is 0 Å². The molecule has 2 N–H and O–H groups in total. The monoisotopic (exact) mass is 235 g/mol. The van der Waals surface area contributed by atoms with Crippen molar-refractivity contribution in [2.75, 3.05) is 0 Å². The Morgan fingerprint density at radius 3 is 2.59 bits per heavy atom. The van der Waals surface area contributed by atoms with E-state index in [0.717, 1.165) is 12.1 Å². The van der Waals surface area contributed by atoms with Crippen molar-refractivity contribution in [3.05, 3.63) is 23.5 Å². The molecule has 0 atom stereocenters. The first-order valence-corrected chi connectivity index (χ1v) is 6.12. The highest BCUT2D eigenvalue weighted by Gasteiger charge is 2.18. The Bertz CT molecular complexity index is 416. The molecule has 0 amide bonds. The Morgan fingerprint density at radius 1 is 1.24 bits per heavy atom. The first kappa shape index (κ1) is 11.9. The molecule has 0 radical (unpaired) electrons. The Kier molecular flexibility index (Phi) is 3.61. The lowest BCUT2D eigenvalue weighted by Crippen LogP contribution is -2.13. The van der Waals surface area contributed by atoms with E-state index in [0.29, 0.717) is 5.92 Å². The van der Waals surface area contributed by atoms with Gasteiger partial charge in [0.15, 0.2) is 0 Å². The molecule has 0 aromatic carbocycles. The molecule has 0 aliphatic heterocycles. The van der Waals surface area contributed by atoms with Crippen molar-refractivity contribution in [1.29, 1.82) is 0 Å². The van der Waals surface area contributed by atoms with Crippen LogP contribution in [-0.2, 0) is 11.2 Å². The summed E-state index contributed by atoms with van der Waals surface area (Å²) in [7, 11) is 0. The number of aromatic amines is 1. The van der Waals surface area contributed by atoms with Gasteiger partial charge in [-0.05, 0) is 24.5 Å². The van der Waals surface area contributed by atoms with Gasteiger partial charge < -0.3 is 10.1 Å². The molecule has 1 aromatic heterocycles. The van der Waals surface area contributed by atoms with Gasteiger partial charge in [0.05, 0.1) is 5.69 Å². The maximum Gasteiger partial charge on any atom is 0.378 e. The van der Waals surface area contributed by atoms with E-state index >= 15 is 0 Å². The highest BCUT2D eigenvalue weighted by Crippen LogP contribution is 2.26. The number of hydrogen-bond acceptors (Lipinski definition) is 2. The summed E-state index contributed by atoms with van der Waals surface area (Å²) in [5.74, 6) is -1.59. The number of carbonyl (C=O) groups excluding carboxylic acids is 1. The van der Waals surface area contributed by atoms with Gasteiger partial charge in [-0.15, -0.1) is 0 Å². The Balaban J connectivity index is 1.98. The fourth-order valence-corrected chi connectivity index (χ4v) is 2.51. The number of carboxylic acids is 1. The average Bonchev–Trinajstić information content (AvgIpc) is 2.77. The number of ketones is 1. The van der Waals surface area contributed by atoms with Gasteiger partial charge >= 0.3 is 5.97 Å². The minimum atomic E-state index is -1.41. The topological polar surface area (TPSA) is 70.2 Å². The number of rotatable bonds is 4. The molecule has 1 saturated carbocycles. The third-order valence-electron chi connectivity index (χ3n) is 3.42. The molecular formula is C13H17NO3. The summed E-state index contributed by atoms with van der Waals surface area (Å²) in [4.78, 5) is 24.7. The number of H-pyrrole nitrogens is 1. The van der Waals surface area contributed by atoms with Crippen molar-refractivity contribution in [3.8, 4) is 0 Å². The zero-order valence-electron chi connectivity index (χ0n) is 9.74. The lowest BCUT2D eigenvalue weighted by molar-refractivity contribution is -0.131. The van der Waals surface area contributed by atoms with Crippen molar-refractivity contribution in [1.82, 2.24) is 4.98 Å². The van der Waals surface area contributed by atoms with Gasteiger partial charge in [0.1, 0.15) is 0 Å². The summed E-state index contributed by atoms with van der Waals surface area (Å²) in [5, 5.41) is 8.60. The van der Waals surface area contributed by atoms with Crippen LogP contribution in [0.25, 0.3) is 0 Å². The van der Waals surface area contributed by atoms with Crippen LogP contribution in [0.3, 0.4) is 0 Å². The second kappa shape index (κ2) is 5.17. The molecule has 2 rings (SSSR count). The molecule has 4 nitrogen and oxygen atoms in total. The highest BCUT2D eigenvalue weighted by atomic mass is 16.4. The Morgan fingerprint density at radius 2 is 1.94 bits per heavy atom. The number of carboxylic acid groups (broad SMARTS) is 1. The third kappa shape index (κ3) is 2.96. The molecule has 1 aliphatic carbocycles. The lowest BCUT2D eigenvalue weighted by Gasteiger charge is -2.20. The minimum absolute atomic E-state index is 0.184. The van der Waals surface area contributed by atoms with E-state index in [4.69, 9.17) is 5.11 Å². The number of hydrogen-bond donors (Lipinski definition) is 2. The van der Waals surface area contributed by atoms with Crippen molar-refractivity contribution >= 4 is 11.8 Å². The van der Waals surface area contributed by atoms with E-state index in [1.165, 1.54) is 32.1 Å². The van der Waals surface area contributed by atoms with Crippen molar-refractivity contribution < 1.29 is 14.7 Å². The summed E-state index contributed by atoms with van der Waals surface area (Å²) < 4.78 is 0. The maximum absolute atomic E-state index is 11.2. The molecule has 0 bridgehead atoms. The largest absolute Gasteiger partial charge is 0.475 e. The van der Waals surface area contributed by atoms with E-state index in [9.17, 15) is 9.59 Å². The number of carbonyl (C=O) groups is 2. The van der Waals surface area contributed by atoms with Gasteiger partial charge in [-0.25, -0.2) is 4.79 Å². The fraction of sp³-hybridized carbons (Fsp3) is 0.538. The van der Waals surface area contributed by atoms with Crippen LogP contribution in [0, 0.1) is 5.92 Å². The van der Waals surface area contributed by atoms with Gasteiger partial charge in [-0.2, -0.15) is 0 Å². The summed E-state index contributed by atoms with van der Waals surface area (Å²) in [6.45, 7) is 0. The van der Waals surface area contributed by atoms with Crippen LogP contribution in [0.4, 0.5) is 0 Å². The zero-order valence-corrected chi connectivity index (χ0v) is 9.74. The molecule has 0 saturated heterocycles. The molecule has 0 unspecified atom stereocenters.